The number of aliphatic imine (C=N–C) groups is 1. The lowest BCUT2D eigenvalue weighted by atomic mass is 10.00. The summed E-state index contributed by atoms with van der Waals surface area (Å²) in [4.78, 5) is 21.2. The molecule has 1 saturated heterocycles. The molecule has 30 heavy (non-hydrogen) atoms. The molecule has 1 aromatic heterocycles. The van der Waals surface area contributed by atoms with Gasteiger partial charge in [-0.25, -0.2) is 0 Å². The monoisotopic (exact) mass is 431 g/mol. The van der Waals surface area contributed by atoms with Gasteiger partial charge in [0.2, 0.25) is 5.91 Å². The van der Waals surface area contributed by atoms with E-state index in [2.05, 4.69) is 27.3 Å². The summed E-state index contributed by atoms with van der Waals surface area (Å²) >= 11 is 6.03. The van der Waals surface area contributed by atoms with Crippen LogP contribution in [0.1, 0.15) is 35.4 Å². The zero-order chi connectivity index (χ0) is 21.7. The second-order valence-corrected chi connectivity index (χ2v) is 8.18. The SMILES string of the molecule is CN=C(NCC(C)c1c(C)noc1C)N1CCN(C(=O)Cc2cccc(Cl)c2)CC1. The predicted octanol–water partition coefficient (Wildman–Crippen LogP) is 3.01. The normalized spacial score (nSPS) is 16.0. The van der Waals surface area contributed by atoms with E-state index < -0.39 is 0 Å². The second-order valence-electron chi connectivity index (χ2n) is 7.74. The molecular formula is C22H30ClN5O2. The van der Waals surface area contributed by atoms with Crippen molar-refractivity contribution in [2.24, 2.45) is 4.99 Å². The number of hydrogen-bond acceptors (Lipinski definition) is 4. The van der Waals surface area contributed by atoms with Gasteiger partial charge in [-0.05, 0) is 31.5 Å². The third-order valence-electron chi connectivity index (χ3n) is 5.54. The first-order chi connectivity index (χ1) is 14.4. The zero-order valence-electron chi connectivity index (χ0n) is 18.1. The molecule has 2 heterocycles. The predicted molar refractivity (Wildman–Crippen MR) is 119 cm³/mol. The number of nitrogens with zero attached hydrogens (tertiary/aromatic N) is 4. The second kappa shape index (κ2) is 9.98. The minimum absolute atomic E-state index is 0.131. The van der Waals surface area contributed by atoms with Crippen LogP contribution in [0, 0.1) is 13.8 Å². The Hall–Kier alpha value is -2.54. The van der Waals surface area contributed by atoms with Crippen molar-refractivity contribution in [3.63, 3.8) is 0 Å². The van der Waals surface area contributed by atoms with Crippen molar-refractivity contribution in [3.05, 3.63) is 51.9 Å². The van der Waals surface area contributed by atoms with Crippen molar-refractivity contribution in [2.75, 3.05) is 39.8 Å². The zero-order valence-corrected chi connectivity index (χ0v) is 18.9. The Labute approximate surface area is 183 Å². The molecule has 0 aliphatic carbocycles. The third-order valence-corrected chi connectivity index (χ3v) is 5.77. The van der Waals surface area contributed by atoms with Crippen LogP contribution in [0.2, 0.25) is 5.02 Å². The van der Waals surface area contributed by atoms with Gasteiger partial charge in [0.25, 0.3) is 0 Å². The maximum Gasteiger partial charge on any atom is 0.227 e. The highest BCUT2D eigenvalue weighted by Crippen LogP contribution is 2.22. The third kappa shape index (κ3) is 5.33. The molecule has 0 saturated carbocycles. The Balaban J connectivity index is 1.50. The minimum atomic E-state index is 0.131. The molecule has 0 radical (unpaired) electrons. The molecule has 1 atom stereocenters. The fourth-order valence-electron chi connectivity index (χ4n) is 3.97. The Kier molecular flexibility index (Phi) is 7.37. The van der Waals surface area contributed by atoms with E-state index in [-0.39, 0.29) is 11.8 Å². The highest BCUT2D eigenvalue weighted by atomic mass is 35.5. The lowest BCUT2D eigenvalue weighted by Crippen LogP contribution is -2.54. The van der Waals surface area contributed by atoms with Crippen LogP contribution in [0.25, 0.3) is 0 Å². The summed E-state index contributed by atoms with van der Waals surface area (Å²) in [6.07, 6.45) is 0.377. The topological polar surface area (TPSA) is 74.0 Å². The van der Waals surface area contributed by atoms with Gasteiger partial charge in [0.05, 0.1) is 12.1 Å². The van der Waals surface area contributed by atoms with Gasteiger partial charge in [-0.15, -0.1) is 0 Å². The van der Waals surface area contributed by atoms with E-state index in [1.54, 1.807) is 7.05 Å². The molecule has 2 aromatic rings. The van der Waals surface area contributed by atoms with E-state index >= 15 is 0 Å². The standard InChI is InChI=1S/C22H30ClN5O2/c1-15(21-16(2)26-30-17(21)3)14-25-22(24-4)28-10-8-27(9-11-28)20(29)13-18-6-5-7-19(23)12-18/h5-7,12,15H,8-11,13-14H2,1-4H3,(H,24,25). The van der Waals surface area contributed by atoms with E-state index in [1.165, 1.54) is 0 Å². The molecule has 1 amide bonds. The number of aryl methyl sites for hydroxylation is 2. The van der Waals surface area contributed by atoms with Gasteiger partial charge in [-0.1, -0.05) is 35.8 Å². The van der Waals surface area contributed by atoms with Gasteiger partial charge >= 0.3 is 0 Å². The molecule has 0 spiro atoms. The van der Waals surface area contributed by atoms with Crippen LogP contribution in [0.5, 0.6) is 0 Å². The molecule has 162 valence electrons. The quantitative estimate of drug-likeness (QED) is 0.581. The molecule has 0 bridgehead atoms. The number of halogens is 1. The van der Waals surface area contributed by atoms with Crippen LogP contribution >= 0.6 is 11.6 Å². The first kappa shape index (κ1) is 22.2. The summed E-state index contributed by atoms with van der Waals surface area (Å²) in [5.74, 6) is 2.11. The van der Waals surface area contributed by atoms with Crippen LogP contribution in [-0.2, 0) is 11.2 Å². The fraction of sp³-hybridized carbons (Fsp3) is 0.500. The average molecular weight is 432 g/mol. The van der Waals surface area contributed by atoms with Crippen molar-refractivity contribution < 1.29 is 9.32 Å². The summed E-state index contributed by atoms with van der Waals surface area (Å²) in [5.41, 5.74) is 3.03. The van der Waals surface area contributed by atoms with Crippen LogP contribution in [0.15, 0.2) is 33.8 Å². The van der Waals surface area contributed by atoms with Crippen LogP contribution in [0.4, 0.5) is 0 Å². The molecule has 1 aliphatic rings. The van der Waals surface area contributed by atoms with Crippen LogP contribution < -0.4 is 5.32 Å². The molecule has 3 rings (SSSR count). The summed E-state index contributed by atoms with van der Waals surface area (Å²) in [7, 11) is 1.79. The number of amides is 1. The first-order valence-electron chi connectivity index (χ1n) is 10.3. The van der Waals surface area contributed by atoms with E-state index in [0.717, 1.165) is 48.2 Å². The fourth-order valence-corrected chi connectivity index (χ4v) is 4.19. The number of piperazine rings is 1. The van der Waals surface area contributed by atoms with Gasteiger partial charge < -0.3 is 19.6 Å². The number of nitrogens with one attached hydrogen (secondary N) is 1. The molecule has 1 aromatic carbocycles. The van der Waals surface area contributed by atoms with Gasteiger partial charge in [0.1, 0.15) is 5.76 Å². The maximum absolute atomic E-state index is 12.6. The number of hydrogen-bond donors (Lipinski definition) is 1. The van der Waals surface area contributed by atoms with Crippen molar-refractivity contribution in [1.82, 2.24) is 20.3 Å². The van der Waals surface area contributed by atoms with E-state index in [0.29, 0.717) is 24.5 Å². The smallest absolute Gasteiger partial charge is 0.227 e. The summed E-state index contributed by atoms with van der Waals surface area (Å²) in [6, 6.07) is 7.48. The number of benzene rings is 1. The van der Waals surface area contributed by atoms with Crippen LogP contribution in [0.3, 0.4) is 0 Å². The summed E-state index contributed by atoms with van der Waals surface area (Å²) in [6.45, 7) is 9.67. The minimum Gasteiger partial charge on any atom is -0.361 e. The van der Waals surface area contributed by atoms with Gasteiger partial charge in [-0.2, -0.15) is 0 Å². The lowest BCUT2D eigenvalue weighted by Gasteiger charge is -2.36. The molecule has 1 aliphatic heterocycles. The molecule has 1 N–H and O–H groups in total. The number of carbonyl (C=O) groups is 1. The van der Waals surface area contributed by atoms with Crippen molar-refractivity contribution in [1.29, 1.82) is 0 Å². The number of carbonyl (C=O) groups excluding carboxylic acids is 1. The number of rotatable bonds is 5. The molecule has 1 unspecified atom stereocenters. The average Bonchev–Trinajstić information content (AvgIpc) is 3.07. The summed E-state index contributed by atoms with van der Waals surface area (Å²) in [5, 5.41) is 8.16. The van der Waals surface area contributed by atoms with E-state index in [9.17, 15) is 4.79 Å². The Morgan fingerprint density at radius 1 is 1.27 bits per heavy atom. The molecular weight excluding hydrogens is 402 g/mol. The van der Waals surface area contributed by atoms with Crippen molar-refractivity contribution in [2.45, 2.75) is 33.1 Å². The van der Waals surface area contributed by atoms with E-state index in [1.807, 2.05) is 43.0 Å². The number of aromatic nitrogens is 1. The van der Waals surface area contributed by atoms with Gasteiger partial charge in [0.15, 0.2) is 5.96 Å². The van der Waals surface area contributed by atoms with Crippen LogP contribution in [-0.4, -0.2) is 66.6 Å². The first-order valence-corrected chi connectivity index (χ1v) is 10.7. The molecule has 7 nitrogen and oxygen atoms in total. The summed E-state index contributed by atoms with van der Waals surface area (Å²) < 4.78 is 5.29. The Morgan fingerprint density at radius 3 is 2.57 bits per heavy atom. The Morgan fingerprint density at radius 2 is 1.97 bits per heavy atom. The molecule has 1 fully saturated rings. The van der Waals surface area contributed by atoms with E-state index in [4.69, 9.17) is 16.1 Å². The maximum atomic E-state index is 12.6. The van der Waals surface area contributed by atoms with Gasteiger partial charge in [0, 0.05) is 56.3 Å². The van der Waals surface area contributed by atoms with Crippen molar-refractivity contribution in [3.8, 4) is 0 Å². The number of guanidine groups is 1. The lowest BCUT2D eigenvalue weighted by molar-refractivity contribution is -0.131. The molecule has 8 heteroatoms. The van der Waals surface area contributed by atoms with Crippen molar-refractivity contribution >= 4 is 23.5 Å². The highest BCUT2D eigenvalue weighted by Gasteiger charge is 2.24. The largest absolute Gasteiger partial charge is 0.361 e. The van der Waals surface area contributed by atoms with Gasteiger partial charge in [-0.3, -0.25) is 9.79 Å². The highest BCUT2D eigenvalue weighted by molar-refractivity contribution is 6.30. The Bertz CT molecular complexity index is 883.